The Morgan fingerprint density at radius 1 is 1.32 bits per heavy atom. The number of nitrogens with zero attached hydrogens (tertiary/aromatic N) is 3. The molecule has 0 aliphatic heterocycles. The lowest BCUT2D eigenvalue weighted by atomic mass is 10.1. The molecule has 0 aliphatic carbocycles. The molecule has 0 unspecified atom stereocenters. The van der Waals surface area contributed by atoms with E-state index in [0.29, 0.717) is 17.3 Å². The Morgan fingerprint density at radius 3 is 3.00 bits per heavy atom. The van der Waals surface area contributed by atoms with Crippen molar-refractivity contribution in [1.82, 2.24) is 14.4 Å². The van der Waals surface area contributed by atoms with Crippen molar-refractivity contribution in [2.45, 2.75) is 13.3 Å². The Hall–Kier alpha value is -2.56. The zero-order chi connectivity index (χ0) is 13.2. The van der Waals surface area contributed by atoms with Crippen molar-refractivity contribution >= 4 is 11.5 Å². The highest BCUT2D eigenvalue weighted by Gasteiger charge is 2.10. The number of nitrogen functional groups attached to an aromatic ring is 1. The molecule has 5 nitrogen and oxygen atoms in total. The van der Waals surface area contributed by atoms with Crippen LogP contribution in [0.3, 0.4) is 0 Å². The standard InChI is InChI=1S/C14H14N4O/c1-2-10-5-3-4-6-11(10)19-14-13-16-7-8-18(13)9-12(15)17-14/h3-9H,2,15H2,1H3. The van der Waals surface area contributed by atoms with E-state index in [2.05, 4.69) is 16.9 Å². The van der Waals surface area contributed by atoms with Crippen LogP contribution >= 0.6 is 0 Å². The topological polar surface area (TPSA) is 65.4 Å². The summed E-state index contributed by atoms with van der Waals surface area (Å²) in [6, 6.07) is 7.88. The predicted octanol–water partition coefficient (Wildman–Crippen LogP) is 2.67. The summed E-state index contributed by atoms with van der Waals surface area (Å²) in [5.41, 5.74) is 7.54. The van der Waals surface area contributed by atoms with Gasteiger partial charge in [-0.2, -0.15) is 4.98 Å². The number of nitrogens with two attached hydrogens (primary N) is 1. The third-order valence-corrected chi connectivity index (χ3v) is 2.92. The molecule has 0 radical (unpaired) electrons. The largest absolute Gasteiger partial charge is 0.436 e. The Bertz CT molecular complexity index is 720. The third-order valence-electron chi connectivity index (χ3n) is 2.92. The number of fused-ring (bicyclic) bond motifs is 1. The lowest BCUT2D eigenvalue weighted by Crippen LogP contribution is -2.00. The molecule has 19 heavy (non-hydrogen) atoms. The first-order valence-corrected chi connectivity index (χ1v) is 6.13. The molecule has 1 aromatic carbocycles. The van der Waals surface area contributed by atoms with E-state index < -0.39 is 0 Å². The molecule has 5 heteroatoms. The van der Waals surface area contributed by atoms with Crippen LogP contribution in [0.2, 0.25) is 0 Å². The van der Waals surface area contributed by atoms with Crippen LogP contribution in [0.4, 0.5) is 5.82 Å². The minimum Gasteiger partial charge on any atom is -0.436 e. The van der Waals surface area contributed by atoms with Gasteiger partial charge in [-0.25, -0.2) is 4.98 Å². The highest BCUT2D eigenvalue weighted by atomic mass is 16.5. The number of imidazole rings is 1. The van der Waals surface area contributed by atoms with Gasteiger partial charge in [-0.1, -0.05) is 25.1 Å². The quantitative estimate of drug-likeness (QED) is 0.780. The van der Waals surface area contributed by atoms with Crippen LogP contribution in [0.1, 0.15) is 12.5 Å². The van der Waals surface area contributed by atoms with E-state index in [9.17, 15) is 0 Å². The van der Waals surface area contributed by atoms with Gasteiger partial charge in [0.15, 0.2) is 0 Å². The summed E-state index contributed by atoms with van der Waals surface area (Å²) in [7, 11) is 0. The molecule has 0 fully saturated rings. The molecule has 0 bridgehead atoms. The van der Waals surface area contributed by atoms with Gasteiger partial charge >= 0.3 is 0 Å². The van der Waals surface area contributed by atoms with Crippen molar-refractivity contribution in [2.75, 3.05) is 5.73 Å². The molecule has 0 aliphatic rings. The molecule has 0 spiro atoms. The van der Waals surface area contributed by atoms with E-state index in [1.807, 2.05) is 30.5 Å². The van der Waals surface area contributed by atoms with Crippen molar-refractivity contribution in [2.24, 2.45) is 0 Å². The van der Waals surface area contributed by atoms with Crippen LogP contribution in [0.25, 0.3) is 5.65 Å². The summed E-state index contributed by atoms with van der Waals surface area (Å²) in [4.78, 5) is 8.45. The maximum Gasteiger partial charge on any atom is 0.265 e. The molecule has 0 saturated carbocycles. The number of anilines is 1. The van der Waals surface area contributed by atoms with Gasteiger partial charge < -0.3 is 10.5 Å². The normalized spacial score (nSPS) is 10.8. The van der Waals surface area contributed by atoms with Gasteiger partial charge in [0, 0.05) is 12.4 Å². The Kier molecular flexibility index (Phi) is 2.79. The van der Waals surface area contributed by atoms with Crippen molar-refractivity contribution in [3.63, 3.8) is 0 Å². The molecule has 0 amide bonds. The average molecular weight is 254 g/mol. The fourth-order valence-corrected chi connectivity index (χ4v) is 1.99. The third kappa shape index (κ3) is 2.10. The monoisotopic (exact) mass is 254 g/mol. The number of rotatable bonds is 3. The number of ether oxygens (including phenoxy) is 1. The first-order chi connectivity index (χ1) is 9.28. The van der Waals surface area contributed by atoms with Crippen molar-refractivity contribution in [3.05, 3.63) is 48.4 Å². The summed E-state index contributed by atoms with van der Waals surface area (Å²) in [5.74, 6) is 1.60. The zero-order valence-corrected chi connectivity index (χ0v) is 10.6. The molecule has 3 rings (SSSR count). The second-order valence-corrected chi connectivity index (χ2v) is 4.19. The summed E-state index contributed by atoms with van der Waals surface area (Å²) in [6.45, 7) is 2.08. The molecule has 2 heterocycles. The van der Waals surface area contributed by atoms with E-state index >= 15 is 0 Å². The minimum atomic E-state index is 0.398. The number of benzene rings is 1. The van der Waals surface area contributed by atoms with Crippen LogP contribution in [0.5, 0.6) is 11.6 Å². The number of para-hydroxylation sites is 1. The van der Waals surface area contributed by atoms with Crippen LogP contribution in [-0.4, -0.2) is 14.4 Å². The first kappa shape index (κ1) is 11.5. The Morgan fingerprint density at radius 2 is 2.16 bits per heavy atom. The molecule has 2 N–H and O–H groups in total. The van der Waals surface area contributed by atoms with Gasteiger partial charge in [-0.05, 0) is 18.1 Å². The molecular weight excluding hydrogens is 240 g/mol. The highest BCUT2D eigenvalue weighted by Crippen LogP contribution is 2.27. The van der Waals surface area contributed by atoms with Crippen LogP contribution in [-0.2, 0) is 6.42 Å². The number of hydrogen-bond acceptors (Lipinski definition) is 4. The fourth-order valence-electron chi connectivity index (χ4n) is 1.99. The smallest absolute Gasteiger partial charge is 0.265 e. The van der Waals surface area contributed by atoms with E-state index in [-0.39, 0.29) is 0 Å². The van der Waals surface area contributed by atoms with E-state index in [1.54, 1.807) is 16.8 Å². The molecule has 0 saturated heterocycles. The van der Waals surface area contributed by atoms with Gasteiger partial charge in [0.25, 0.3) is 5.88 Å². The summed E-state index contributed by atoms with van der Waals surface area (Å²) in [5, 5.41) is 0. The number of aromatic nitrogens is 3. The maximum atomic E-state index is 5.88. The van der Waals surface area contributed by atoms with Crippen LogP contribution in [0, 0.1) is 0 Å². The summed E-state index contributed by atoms with van der Waals surface area (Å²) >= 11 is 0. The fraction of sp³-hybridized carbons (Fsp3) is 0.143. The first-order valence-electron chi connectivity index (χ1n) is 6.13. The Labute approximate surface area is 110 Å². The molecule has 3 aromatic rings. The Balaban J connectivity index is 2.07. The van der Waals surface area contributed by atoms with E-state index in [0.717, 1.165) is 17.7 Å². The van der Waals surface area contributed by atoms with Gasteiger partial charge in [-0.3, -0.25) is 4.40 Å². The molecule has 0 atom stereocenters. The van der Waals surface area contributed by atoms with Gasteiger partial charge in [0.1, 0.15) is 11.6 Å². The second-order valence-electron chi connectivity index (χ2n) is 4.19. The lowest BCUT2D eigenvalue weighted by Gasteiger charge is -2.10. The van der Waals surface area contributed by atoms with Crippen molar-refractivity contribution in [3.8, 4) is 11.6 Å². The van der Waals surface area contributed by atoms with Crippen molar-refractivity contribution in [1.29, 1.82) is 0 Å². The maximum absolute atomic E-state index is 5.88. The van der Waals surface area contributed by atoms with Crippen molar-refractivity contribution < 1.29 is 4.74 Å². The second kappa shape index (κ2) is 4.61. The molecule has 2 aromatic heterocycles. The molecule has 96 valence electrons. The van der Waals surface area contributed by atoms with Gasteiger partial charge in [0.2, 0.25) is 5.65 Å². The van der Waals surface area contributed by atoms with Gasteiger partial charge in [-0.15, -0.1) is 0 Å². The number of aryl methyl sites for hydroxylation is 1. The highest BCUT2D eigenvalue weighted by molar-refractivity contribution is 5.54. The molecular formula is C14H14N4O. The van der Waals surface area contributed by atoms with E-state index in [4.69, 9.17) is 10.5 Å². The van der Waals surface area contributed by atoms with Gasteiger partial charge in [0.05, 0.1) is 6.20 Å². The zero-order valence-electron chi connectivity index (χ0n) is 10.6. The van der Waals surface area contributed by atoms with Crippen LogP contribution in [0.15, 0.2) is 42.9 Å². The lowest BCUT2D eigenvalue weighted by molar-refractivity contribution is 0.460. The van der Waals surface area contributed by atoms with E-state index in [1.165, 1.54) is 0 Å². The summed E-state index contributed by atoms with van der Waals surface area (Å²) in [6.07, 6.45) is 6.10. The van der Waals surface area contributed by atoms with Crippen LogP contribution < -0.4 is 10.5 Å². The predicted molar refractivity (Wildman–Crippen MR) is 73.3 cm³/mol. The minimum absolute atomic E-state index is 0.398. The summed E-state index contributed by atoms with van der Waals surface area (Å²) < 4.78 is 7.68. The number of hydrogen-bond donors (Lipinski definition) is 1. The SMILES string of the molecule is CCc1ccccc1Oc1nc(N)cn2ccnc12. The average Bonchev–Trinajstić information content (AvgIpc) is 2.87.